The summed E-state index contributed by atoms with van der Waals surface area (Å²) in [5, 5.41) is 6.27. The number of carbonyl (C=O) groups excluding carboxylic acids is 2. The second-order valence-corrected chi connectivity index (χ2v) is 6.75. The molecule has 0 fully saturated rings. The number of amides is 1. The van der Waals surface area contributed by atoms with Crippen LogP contribution in [0.3, 0.4) is 0 Å². The van der Waals surface area contributed by atoms with Gasteiger partial charge >= 0.3 is 5.97 Å². The van der Waals surface area contributed by atoms with Crippen LogP contribution in [0.1, 0.15) is 35.4 Å². The average molecular weight is 413 g/mol. The molecule has 1 aliphatic carbocycles. The lowest BCUT2D eigenvalue weighted by atomic mass is 10.1. The van der Waals surface area contributed by atoms with Gasteiger partial charge in [0.1, 0.15) is 29.9 Å². The molecule has 6 nitrogen and oxygen atoms in total. The van der Waals surface area contributed by atoms with Gasteiger partial charge in [0.15, 0.2) is 0 Å². The normalized spacial score (nSPS) is 14.0. The molecule has 0 saturated carbocycles. The number of fused-ring (bicyclic) bond motifs is 1. The first-order valence-electron chi connectivity index (χ1n) is 8.97. The van der Waals surface area contributed by atoms with Crippen molar-refractivity contribution in [2.75, 3.05) is 7.11 Å². The molecule has 1 heterocycles. The lowest BCUT2D eigenvalue weighted by Gasteiger charge is -2.17. The highest BCUT2D eigenvalue weighted by atomic mass is 19.3. The van der Waals surface area contributed by atoms with Crippen molar-refractivity contribution in [2.24, 2.45) is 0 Å². The Morgan fingerprint density at radius 1 is 1.21 bits per heavy atom. The fraction of sp³-hybridized carbons (Fsp3) is 0.421. The van der Waals surface area contributed by atoms with Crippen LogP contribution >= 0.6 is 0 Å². The van der Waals surface area contributed by atoms with Crippen LogP contribution in [0.5, 0.6) is 0 Å². The predicted octanol–water partition coefficient (Wildman–Crippen LogP) is 2.49. The molecule has 1 atom stereocenters. The fourth-order valence-corrected chi connectivity index (χ4v) is 3.52. The molecule has 0 spiro atoms. The molecular formula is C19H19F4N3O3. The molecule has 10 heteroatoms. The maximum atomic E-state index is 13.4. The number of aromatic nitrogens is 2. The molecule has 1 aromatic heterocycles. The zero-order valence-electron chi connectivity index (χ0n) is 15.6. The summed E-state index contributed by atoms with van der Waals surface area (Å²) in [6, 6.07) is 1.57. The lowest BCUT2D eigenvalue weighted by molar-refractivity contribution is -0.145. The van der Waals surface area contributed by atoms with E-state index in [4.69, 9.17) is 0 Å². The molecule has 0 radical (unpaired) electrons. The SMILES string of the molecule is COC(=O)[C@H](Cc1cc(F)cc(F)c1)NC(=O)Cn1nc(C(F)F)c2c1CCC2. The third kappa shape index (κ3) is 4.75. The van der Waals surface area contributed by atoms with E-state index >= 15 is 0 Å². The van der Waals surface area contributed by atoms with Crippen LogP contribution in [0.15, 0.2) is 18.2 Å². The van der Waals surface area contributed by atoms with Gasteiger partial charge in [-0.15, -0.1) is 0 Å². The van der Waals surface area contributed by atoms with Crippen molar-refractivity contribution in [1.29, 1.82) is 0 Å². The van der Waals surface area contributed by atoms with E-state index in [1.807, 2.05) is 0 Å². The van der Waals surface area contributed by atoms with Gasteiger partial charge in [-0.2, -0.15) is 5.10 Å². The number of nitrogens with zero attached hydrogens (tertiary/aromatic N) is 2. The second-order valence-electron chi connectivity index (χ2n) is 6.75. The Bertz CT molecular complexity index is 909. The zero-order chi connectivity index (χ0) is 21.1. The molecule has 3 rings (SSSR count). The van der Waals surface area contributed by atoms with Crippen molar-refractivity contribution in [2.45, 2.75) is 44.7 Å². The molecule has 0 aliphatic heterocycles. The minimum atomic E-state index is -2.74. The van der Waals surface area contributed by atoms with Crippen molar-refractivity contribution in [3.8, 4) is 0 Å². The van der Waals surface area contributed by atoms with Crippen LogP contribution < -0.4 is 5.32 Å². The van der Waals surface area contributed by atoms with Crippen molar-refractivity contribution >= 4 is 11.9 Å². The fourth-order valence-electron chi connectivity index (χ4n) is 3.52. The first-order valence-corrected chi connectivity index (χ1v) is 8.97. The van der Waals surface area contributed by atoms with Gasteiger partial charge in [0.05, 0.1) is 7.11 Å². The molecule has 1 amide bonds. The van der Waals surface area contributed by atoms with Gasteiger partial charge < -0.3 is 10.1 Å². The van der Waals surface area contributed by atoms with Gasteiger partial charge in [-0.3, -0.25) is 9.48 Å². The molecule has 0 saturated heterocycles. The van der Waals surface area contributed by atoms with Crippen molar-refractivity contribution < 1.29 is 31.9 Å². The highest BCUT2D eigenvalue weighted by molar-refractivity contribution is 5.84. The second kappa shape index (κ2) is 8.62. The van der Waals surface area contributed by atoms with E-state index in [9.17, 15) is 27.2 Å². The minimum absolute atomic E-state index is 0.151. The van der Waals surface area contributed by atoms with E-state index in [1.165, 1.54) is 4.68 Å². The van der Waals surface area contributed by atoms with E-state index in [0.29, 0.717) is 36.6 Å². The number of esters is 1. The van der Waals surface area contributed by atoms with Gasteiger partial charge in [0.25, 0.3) is 6.43 Å². The number of benzene rings is 1. The molecular weight excluding hydrogens is 394 g/mol. The number of alkyl halides is 2. The van der Waals surface area contributed by atoms with E-state index < -0.39 is 36.0 Å². The van der Waals surface area contributed by atoms with Gasteiger partial charge in [0.2, 0.25) is 5.91 Å². The number of halogens is 4. The summed E-state index contributed by atoms with van der Waals surface area (Å²) in [5.74, 6) is -3.10. The van der Waals surface area contributed by atoms with Gasteiger partial charge in [-0.25, -0.2) is 22.4 Å². The first-order chi connectivity index (χ1) is 13.8. The van der Waals surface area contributed by atoms with E-state index in [-0.39, 0.29) is 24.2 Å². The summed E-state index contributed by atoms with van der Waals surface area (Å²) < 4.78 is 58.9. The van der Waals surface area contributed by atoms with Crippen LogP contribution in [0.2, 0.25) is 0 Å². The number of nitrogens with one attached hydrogen (secondary N) is 1. The van der Waals surface area contributed by atoms with Crippen molar-refractivity contribution in [3.05, 3.63) is 52.3 Å². The lowest BCUT2D eigenvalue weighted by Crippen LogP contribution is -2.44. The zero-order valence-corrected chi connectivity index (χ0v) is 15.6. The molecule has 1 aromatic carbocycles. The summed E-state index contributed by atoms with van der Waals surface area (Å²) in [6.45, 7) is -0.361. The number of methoxy groups -OCH3 is 1. The van der Waals surface area contributed by atoms with Crippen molar-refractivity contribution in [1.82, 2.24) is 15.1 Å². The Balaban J connectivity index is 1.74. The summed E-state index contributed by atoms with van der Waals surface area (Å²) in [7, 11) is 1.11. The Morgan fingerprint density at radius 2 is 1.90 bits per heavy atom. The molecule has 156 valence electrons. The third-order valence-corrected chi connectivity index (χ3v) is 4.72. The van der Waals surface area contributed by atoms with E-state index in [2.05, 4.69) is 15.2 Å². The largest absolute Gasteiger partial charge is 0.467 e. The Kier molecular flexibility index (Phi) is 6.19. The third-order valence-electron chi connectivity index (χ3n) is 4.72. The number of hydrogen-bond acceptors (Lipinski definition) is 4. The van der Waals surface area contributed by atoms with Crippen LogP contribution in [0, 0.1) is 11.6 Å². The molecule has 2 aromatic rings. The van der Waals surface area contributed by atoms with E-state index in [1.54, 1.807) is 0 Å². The summed E-state index contributed by atoms with van der Waals surface area (Å²) >= 11 is 0. The first kappa shape index (κ1) is 20.8. The maximum Gasteiger partial charge on any atom is 0.328 e. The quantitative estimate of drug-likeness (QED) is 0.559. The smallest absolute Gasteiger partial charge is 0.328 e. The molecule has 0 unspecified atom stereocenters. The van der Waals surface area contributed by atoms with Gasteiger partial charge in [-0.05, 0) is 37.0 Å². The Labute approximate surface area is 163 Å². The highest BCUT2D eigenvalue weighted by Gasteiger charge is 2.29. The van der Waals surface area contributed by atoms with Crippen molar-refractivity contribution in [3.63, 3.8) is 0 Å². The highest BCUT2D eigenvalue weighted by Crippen LogP contribution is 2.31. The Morgan fingerprint density at radius 3 is 2.52 bits per heavy atom. The molecule has 1 N–H and O–H groups in total. The number of carbonyl (C=O) groups is 2. The maximum absolute atomic E-state index is 13.4. The predicted molar refractivity (Wildman–Crippen MR) is 93.2 cm³/mol. The average Bonchev–Trinajstić information content (AvgIpc) is 3.23. The van der Waals surface area contributed by atoms with Crippen LogP contribution in [0.25, 0.3) is 0 Å². The molecule has 1 aliphatic rings. The van der Waals surface area contributed by atoms with Crippen LogP contribution in [0.4, 0.5) is 17.6 Å². The summed E-state index contributed by atoms with van der Waals surface area (Å²) in [4.78, 5) is 24.4. The van der Waals surface area contributed by atoms with Gasteiger partial charge in [0, 0.05) is 23.7 Å². The van der Waals surface area contributed by atoms with Gasteiger partial charge in [-0.1, -0.05) is 0 Å². The van der Waals surface area contributed by atoms with Crippen LogP contribution in [-0.4, -0.2) is 34.8 Å². The monoisotopic (exact) mass is 413 g/mol. The standard InChI is InChI=1S/C19H19F4N3O3/c1-29-19(28)14(7-10-5-11(20)8-12(21)6-10)24-16(27)9-26-15-4-2-3-13(15)17(25-26)18(22)23/h5-6,8,14,18H,2-4,7,9H2,1H3,(H,24,27)/t14-/m0/s1. The van der Waals surface area contributed by atoms with E-state index in [0.717, 1.165) is 19.2 Å². The summed E-state index contributed by atoms with van der Waals surface area (Å²) in [6.07, 6.45) is -1.23. The number of ether oxygens (including phenoxy) is 1. The number of hydrogen-bond donors (Lipinski definition) is 1. The molecule has 29 heavy (non-hydrogen) atoms. The Hall–Kier alpha value is -2.91. The topological polar surface area (TPSA) is 73.2 Å². The summed E-state index contributed by atoms with van der Waals surface area (Å²) in [5.41, 5.74) is 0.869. The number of rotatable bonds is 7. The minimum Gasteiger partial charge on any atom is -0.467 e. The molecule has 0 bridgehead atoms. The van der Waals surface area contributed by atoms with Crippen LogP contribution in [-0.2, 0) is 40.1 Å².